The van der Waals surface area contributed by atoms with Crippen LogP contribution in [0, 0.1) is 0 Å². The predicted molar refractivity (Wildman–Crippen MR) is 242 cm³/mol. The molecule has 0 aromatic rings. The molecule has 2 atom stereocenters. The van der Waals surface area contributed by atoms with E-state index in [-0.39, 0.29) is 38.6 Å². The van der Waals surface area contributed by atoms with Gasteiger partial charge in [-0.05, 0) is 64.2 Å². The summed E-state index contributed by atoms with van der Waals surface area (Å²) in [6.07, 6.45) is 53.6. The number of carbonyl (C=O) groups excluding carboxylic acids is 2. The molecule has 0 aromatic heterocycles. The van der Waals surface area contributed by atoms with Gasteiger partial charge in [-0.25, -0.2) is 4.57 Å². The zero-order chi connectivity index (χ0) is 42.5. The van der Waals surface area contributed by atoms with Crippen LogP contribution in [0.2, 0.25) is 0 Å². The lowest BCUT2D eigenvalue weighted by Crippen LogP contribution is -2.29. The first-order valence-corrected chi connectivity index (χ1v) is 24.4. The van der Waals surface area contributed by atoms with E-state index >= 15 is 0 Å². The Kier molecular flexibility index (Phi) is 42.1. The largest absolute Gasteiger partial charge is 0.472 e. The van der Waals surface area contributed by atoms with Crippen molar-refractivity contribution in [2.75, 3.05) is 26.4 Å². The van der Waals surface area contributed by atoms with E-state index in [1.165, 1.54) is 57.8 Å². The van der Waals surface area contributed by atoms with Crippen LogP contribution in [0.3, 0.4) is 0 Å². The van der Waals surface area contributed by atoms with Gasteiger partial charge in [0.15, 0.2) is 6.10 Å². The first-order chi connectivity index (χ1) is 28.3. The molecule has 0 amide bonds. The summed E-state index contributed by atoms with van der Waals surface area (Å²) in [7, 11) is -4.38. The molecule has 334 valence electrons. The number of unbranched alkanes of at least 4 members (excludes halogenated alkanes) is 17. The van der Waals surface area contributed by atoms with Gasteiger partial charge >= 0.3 is 19.8 Å². The van der Waals surface area contributed by atoms with Crippen molar-refractivity contribution in [2.45, 2.75) is 193 Å². The van der Waals surface area contributed by atoms with Crippen molar-refractivity contribution >= 4 is 19.8 Å². The van der Waals surface area contributed by atoms with Gasteiger partial charge in [0.2, 0.25) is 0 Å². The third-order valence-electron chi connectivity index (χ3n) is 9.36. The lowest BCUT2D eigenvalue weighted by atomic mass is 10.0. The highest BCUT2D eigenvalue weighted by Crippen LogP contribution is 2.43. The number of hydrogen-bond acceptors (Lipinski definition) is 8. The van der Waals surface area contributed by atoms with Gasteiger partial charge in [0, 0.05) is 19.4 Å². The molecule has 0 aliphatic heterocycles. The Labute approximate surface area is 354 Å². The third kappa shape index (κ3) is 43.0. The first-order valence-electron chi connectivity index (χ1n) is 22.9. The van der Waals surface area contributed by atoms with Gasteiger partial charge in [0.05, 0.1) is 13.2 Å². The molecular formula is C48H84NO8P. The molecule has 0 spiro atoms. The maximum absolute atomic E-state index is 12.6. The summed E-state index contributed by atoms with van der Waals surface area (Å²) in [5.74, 6) is -0.848. The first kappa shape index (κ1) is 55.5. The van der Waals surface area contributed by atoms with Gasteiger partial charge in [-0.1, -0.05) is 183 Å². The van der Waals surface area contributed by atoms with Crippen molar-refractivity contribution in [1.29, 1.82) is 0 Å². The fourth-order valence-electron chi connectivity index (χ4n) is 5.99. The second-order valence-corrected chi connectivity index (χ2v) is 16.3. The Morgan fingerprint density at radius 1 is 0.534 bits per heavy atom. The van der Waals surface area contributed by atoms with Crippen LogP contribution in [0.25, 0.3) is 0 Å². The van der Waals surface area contributed by atoms with Crippen molar-refractivity contribution in [3.05, 3.63) is 72.9 Å². The zero-order valence-electron chi connectivity index (χ0n) is 36.8. The molecular weight excluding hydrogens is 750 g/mol. The van der Waals surface area contributed by atoms with E-state index in [9.17, 15) is 19.0 Å². The number of esters is 2. The number of phosphoric acid groups is 1. The molecule has 10 heteroatoms. The molecule has 0 aromatic carbocycles. The summed E-state index contributed by atoms with van der Waals surface area (Å²) in [6, 6.07) is 0. The predicted octanol–water partition coefficient (Wildman–Crippen LogP) is 13.4. The van der Waals surface area contributed by atoms with Gasteiger partial charge in [-0.2, -0.15) is 0 Å². The van der Waals surface area contributed by atoms with Crippen LogP contribution >= 0.6 is 7.82 Å². The van der Waals surface area contributed by atoms with Crippen LogP contribution in [-0.4, -0.2) is 49.3 Å². The minimum atomic E-state index is -4.38. The summed E-state index contributed by atoms with van der Waals surface area (Å²) in [4.78, 5) is 34.9. The number of ether oxygens (including phenoxy) is 2. The normalized spacial score (nSPS) is 13.9. The number of carbonyl (C=O) groups is 2. The summed E-state index contributed by atoms with van der Waals surface area (Å²) >= 11 is 0. The van der Waals surface area contributed by atoms with Gasteiger partial charge in [-0.15, -0.1) is 0 Å². The fraction of sp³-hybridized carbons (Fsp3) is 0.708. The van der Waals surface area contributed by atoms with Crippen molar-refractivity contribution in [3.8, 4) is 0 Å². The Hall–Kier alpha value is -2.55. The number of rotatable bonds is 42. The molecule has 0 aliphatic rings. The number of allylic oxidation sites excluding steroid dienone is 12. The van der Waals surface area contributed by atoms with Gasteiger partial charge < -0.3 is 20.1 Å². The number of phosphoric ester groups is 1. The van der Waals surface area contributed by atoms with E-state index in [0.717, 1.165) is 96.3 Å². The van der Waals surface area contributed by atoms with Crippen LogP contribution in [0.1, 0.15) is 187 Å². The second-order valence-electron chi connectivity index (χ2n) is 14.9. The summed E-state index contributed by atoms with van der Waals surface area (Å²) in [5.41, 5.74) is 5.35. The van der Waals surface area contributed by atoms with Crippen LogP contribution in [0.4, 0.5) is 0 Å². The molecule has 2 unspecified atom stereocenters. The molecule has 0 fully saturated rings. The average molecular weight is 834 g/mol. The minimum Gasteiger partial charge on any atom is -0.462 e. The Bertz CT molecular complexity index is 1180. The number of nitrogens with two attached hydrogens (primary N) is 1. The van der Waals surface area contributed by atoms with Gasteiger partial charge in [0.1, 0.15) is 6.61 Å². The topological polar surface area (TPSA) is 134 Å². The second kappa shape index (κ2) is 44.0. The Balaban J connectivity index is 4.13. The van der Waals surface area contributed by atoms with Crippen LogP contribution in [0.5, 0.6) is 0 Å². The molecule has 0 radical (unpaired) electrons. The van der Waals surface area contributed by atoms with Crippen LogP contribution < -0.4 is 5.73 Å². The molecule has 0 aliphatic carbocycles. The Morgan fingerprint density at radius 2 is 0.948 bits per heavy atom. The van der Waals surface area contributed by atoms with E-state index in [0.29, 0.717) is 6.42 Å². The maximum Gasteiger partial charge on any atom is 0.472 e. The molecule has 0 saturated heterocycles. The molecule has 0 saturated carbocycles. The minimum absolute atomic E-state index is 0.0482. The van der Waals surface area contributed by atoms with E-state index < -0.39 is 26.5 Å². The monoisotopic (exact) mass is 834 g/mol. The summed E-state index contributed by atoms with van der Waals surface area (Å²) in [6.45, 7) is 3.59. The average Bonchev–Trinajstić information content (AvgIpc) is 3.21. The Morgan fingerprint density at radius 3 is 1.41 bits per heavy atom. The SMILES string of the molecule is CC/C=C\C/C=C\C/C=C\C/C=C\C/C=C\C/C=C\CCCCCCCCC(=O)OC(COC(=O)CCCCCCCCCCCCCC)COP(=O)(O)OCCN. The maximum atomic E-state index is 12.6. The summed E-state index contributed by atoms with van der Waals surface area (Å²) < 4.78 is 32.8. The molecule has 58 heavy (non-hydrogen) atoms. The smallest absolute Gasteiger partial charge is 0.462 e. The highest BCUT2D eigenvalue weighted by molar-refractivity contribution is 7.47. The quantitative estimate of drug-likeness (QED) is 0.0267. The van der Waals surface area contributed by atoms with E-state index in [2.05, 4.69) is 86.8 Å². The van der Waals surface area contributed by atoms with Crippen molar-refractivity contribution in [1.82, 2.24) is 0 Å². The fourth-order valence-corrected chi connectivity index (χ4v) is 6.76. The molecule has 9 nitrogen and oxygen atoms in total. The highest BCUT2D eigenvalue weighted by Gasteiger charge is 2.26. The van der Waals surface area contributed by atoms with E-state index in [1.807, 2.05) is 0 Å². The molecule has 0 bridgehead atoms. The number of hydrogen-bond donors (Lipinski definition) is 2. The zero-order valence-corrected chi connectivity index (χ0v) is 37.6. The lowest BCUT2D eigenvalue weighted by molar-refractivity contribution is -0.161. The molecule has 3 N–H and O–H groups in total. The summed E-state index contributed by atoms with van der Waals surface area (Å²) in [5, 5.41) is 0. The van der Waals surface area contributed by atoms with E-state index in [1.54, 1.807) is 0 Å². The molecule has 0 rings (SSSR count). The standard InChI is InChI=1S/C48H84NO8P/c1-3-5-7-9-11-13-15-17-18-19-20-21-22-23-24-25-26-27-28-29-31-33-35-37-39-41-48(51)57-46(45-56-58(52,53)55-43-42-49)44-54-47(50)40-38-36-34-32-30-16-14-12-10-8-6-4-2/h5,7,11,13,17-18,20-21,23-24,26-27,46H,3-4,6,8-10,12,14-16,19,22,25,28-45,49H2,1-2H3,(H,52,53)/b7-5-,13-11-,18-17-,21-20-,24-23-,27-26-. The van der Waals surface area contributed by atoms with Crippen molar-refractivity contribution in [3.63, 3.8) is 0 Å². The third-order valence-corrected chi connectivity index (χ3v) is 10.3. The van der Waals surface area contributed by atoms with Crippen LogP contribution in [0.15, 0.2) is 72.9 Å². The molecule has 0 heterocycles. The highest BCUT2D eigenvalue weighted by atomic mass is 31.2. The van der Waals surface area contributed by atoms with Crippen molar-refractivity contribution in [2.24, 2.45) is 5.73 Å². The van der Waals surface area contributed by atoms with Crippen LogP contribution in [-0.2, 0) is 32.7 Å². The lowest BCUT2D eigenvalue weighted by Gasteiger charge is -2.19. The van der Waals surface area contributed by atoms with Crippen molar-refractivity contribution < 1.29 is 37.6 Å². The van der Waals surface area contributed by atoms with Gasteiger partial charge in [-0.3, -0.25) is 18.6 Å². The van der Waals surface area contributed by atoms with Gasteiger partial charge in [0.25, 0.3) is 0 Å². The van der Waals surface area contributed by atoms with E-state index in [4.69, 9.17) is 24.3 Å².